The number of nitrogens with zero attached hydrogens (tertiary/aromatic N) is 1. The van der Waals surface area contributed by atoms with Crippen LogP contribution in [0.15, 0.2) is 54.6 Å². The predicted molar refractivity (Wildman–Crippen MR) is 76.9 cm³/mol. The fraction of sp³-hybridized carbons (Fsp3) is 0.133. The number of carbonyl (C=O) groups is 1. The molecule has 2 rings (SSSR count). The number of benzene rings is 2. The van der Waals surface area contributed by atoms with Gasteiger partial charge in [0.15, 0.2) is 0 Å². The predicted octanol–water partition coefficient (Wildman–Crippen LogP) is 3.36. The summed E-state index contributed by atoms with van der Waals surface area (Å²) in [6, 6.07) is 16.5. The van der Waals surface area contributed by atoms with E-state index in [0.717, 1.165) is 5.69 Å². The molecule has 0 fully saturated rings. The minimum Gasteiger partial charge on any atom is -0.497 e. The van der Waals surface area contributed by atoms with Crippen LogP contribution in [0.4, 0.5) is 16.2 Å². The van der Waals surface area contributed by atoms with E-state index in [1.165, 1.54) is 0 Å². The van der Waals surface area contributed by atoms with Crippen molar-refractivity contribution in [2.75, 3.05) is 24.4 Å². The lowest BCUT2D eigenvalue weighted by Gasteiger charge is -2.18. The van der Waals surface area contributed by atoms with Crippen LogP contribution in [0.2, 0.25) is 0 Å². The zero-order valence-corrected chi connectivity index (χ0v) is 11.0. The lowest BCUT2D eigenvalue weighted by molar-refractivity contribution is 0.258. The Kier molecular flexibility index (Phi) is 4.03. The molecule has 0 atom stereocenters. The molecule has 0 unspecified atom stereocenters. The maximum absolute atomic E-state index is 12.1. The number of anilines is 2. The van der Waals surface area contributed by atoms with Gasteiger partial charge >= 0.3 is 6.03 Å². The minimum absolute atomic E-state index is 0.195. The second kappa shape index (κ2) is 5.91. The van der Waals surface area contributed by atoms with Gasteiger partial charge in [0.2, 0.25) is 0 Å². The van der Waals surface area contributed by atoms with Gasteiger partial charge in [0.25, 0.3) is 0 Å². The van der Waals surface area contributed by atoms with Gasteiger partial charge in [-0.05, 0) is 24.3 Å². The molecular formula is C15H16N2O2. The molecule has 2 amide bonds. The molecule has 0 heterocycles. The Morgan fingerprint density at radius 1 is 1.11 bits per heavy atom. The fourth-order valence-corrected chi connectivity index (χ4v) is 1.68. The first-order chi connectivity index (χ1) is 9.20. The first-order valence-corrected chi connectivity index (χ1v) is 5.94. The van der Waals surface area contributed by atoms with E-state index in [9.17, 15) is 4.79 Å². The van der Waals surface area contributed by atoms with E-state index < -0.39 is 0 Å². The smallest absolute Gasteiger partial charge is 0.326 e. The molecule has 0 spiro atoms. The second-order valence-electron chi connectivity index (χ2n) is 4.06. The molecular weight excluding hydrogens is 240 g/mol. The standard InChI is InChI=1S/C15H16N2O2/c1-17(13-8-4-3-5-9-13)15(18)16-12-7-6-10-14(11-12)19-2/h3-11H,1-2H3,(H,16,18). The van der Waals surface area contributed by atoms with Gasteiger partial charge in [-0.3, -0.25) is 4.90 Å². The first-order valence-electron chi connectivity index (χ1n) is 5.94. The van der Waals surface area contributed by atoms with Gasteiger partial charge in [0, 0.05) is 24.5 Å². The van der Waals surface area contributed by atoms with E-state index >= 15 is 0 Å². The maximum Gasteiger partial charge on any atom is 0.326 e. The van der Waals surface area contributed by atoms with Crippen molar-refractivity contribution in [3.05, 3.63) is 54.6 Å². The van der Waals surface area contributed by atoms with Gasteiger partial charge in [0.05, 0.1) is 7.11 Å². The van der Waals surface area contributed by atoms with Crippen molar-refractivity contribution in [1.29, 1.82) is 0 Å². The molecule has 0 aliphatic heterocycles. The summed E-state index contributed by atoms with van der Waals surface area (Å²) in [6.07, 6.45) is 0. The SMILES string of the molecule is COc1cccc(NC(=O)N(C)c2ccccc2)c1. The molecule has 4 heteroatoms. The molecule has 2 aromatic carbocycles. The molecule has 0 aromatic heterocycles. The fourth-order valence-electron chi connectivity index (χ4n) is 1.68. The maximum atomic E-state index is 12.1. The summed E-state index contributed by atoms with van der Waals surface area (Å²) in [5.41, 5.74) is 1.54. The molecule has 19 heavy (non-hydrogen) atoms. The lowest BCUT2D eigenvalue weighted by atomic mass is 10.3. The van der Waals surface area contributed by atoms with E-state index in [2.05, 4.69) is 5.32 Å². The number of amides is 2. The molecule has 1 N–H and O–H groups in total. The molecule has 0 saturated carbocycles. The minimum atomic E-state index is -0.195. The van der Waals surface area contributed by atoms with Gasteiger partial charge in [-0.2, -0.15) is 0 Å². The Bertz CT molecular complexity index is 555. The number of methoxy groups -OCH3 is 1. The Morgan fingerprint density at radius 2 is 1.84 bits per heavy atom. The highest BCUT2D eigenvalue weighted by molar-refractivity contribution is 6.01. The summed E-state index contributed by atoms with van der Waals surface area (Å²) in [5.74, 6) is 0.708. The van der Waals surface area contributed by atoms with E-state index in [0.29, 0.717) is 11.4 Å². The largest absolute Gasteiger partial charge is 0.497 e. The number of carbonyl (C=O) groups excluding carboxylic acids is 1. The van der Waals surface area contributed by atoms with Crippen molar-refractivity contribution in [3.8, 4) is 5.75 Å². The van der Waals surface area contributed by atoms with Crippen LogP contribution >= 0.6 is 0 Å². The van der Waals surface area contributed by atoms with Gasteiger partial charge < -0.3 is 10.1 Å². The zero-order chi connectivity index (χ0) is 13.7. The normalized spacial score (nSPS) is 9.79. The monoisotopic (exact) mass is 256 g/mol. The molecule has 0 bridgehead atoms. The van der Waals surface area contributed by atoms with Crippen LogP contribution in [0.5, 0.6) is 5.75 Å². The van der Waals surface area contributed by atoms with E-state index in [1.807, 2.05) is 48.5 Å². The Labute approximate surface area is 112 Å². The third kappa shape index (κ3) is 3.25. The zero-order valence-electron chi connectivity index (χ0n) is 11.0. The highest BCUT2D eigenvalue weighted by Gasteiger charge is 2.10. The van der Waals surface area contributed by atoms with E-state index in [1.54, 1.807) is 25.1 Å². The van der Waals surface area contributed by atoms with Crippen molar-refractivity contribution in [1.82, 2.24) is 0 Å². The molecule has 2 aromatic rings. The quantitative estimate of drug-likeness (QED) is 0.914. The number of nitrogens with one attached hydrogen (secondary N) is 1. The van der Waals surface area contributed by atoms with Crippen LogP contribution in [-0.4, -0.2) is 20.2 Å². The highest BCUT2D eigenvalue weighted by Crippen LogP contribution is 2.18. The Balaban J connectivity index is 2.08. The molecule has 0 radical (unpaired) electrons. The molecule has 0 saturated heterocycles. The molecule has 98 valence electrons. The lowest BCUT2D eigenvalue weighted by Crippen LogP contribution is -2.31. The topological polar surface area (TPSA) is 41.6 Å². The van der Waals surface area contributed by atoms with Gasteiger partial charge in [-0.25, -0.2) is 4.79 Å². The Morgan fingerprint density at radius 3 is 2.53 bits per heavy atom. The number of ether oxygens (including phenoxy) is 1. The van der Waals surface area contributed by atoms with Crippen LogP contribution in [0, 0.1) is 0 Å². The van der Waals surface area contributed by atoms with Gasteiger partial charge in [0.1, 0.15) is 5.75 Å². The first kappa shape index (κ1) is 13.0. The van der Waals surface area contributed by atoms with Crippen LogP contribution in [0.3, 0.4) is 0 Å². The van der Waals surface area contributed by atoms with Crippen LogP contribution in [0.25, 0.3) is 0 Å². The summed E-state index contributed by atoms with van der Waals surface area (Å²) in [7, 11) is 3.32. The van der Waals surface area contributed by atoms with Crippen molar-refractivity contribution in [2.24, 2.45) is 0 Å². The summed E-state index contributed by atoms with van der Waals surface area (Å²) in [6.45, 7) is 0. The number of hydrogen-bond acceptors (Lipinski definition) is 2. The summed E-state index contributed by atoms with van der Waals surface area (Å²) in [5, 5.41) is 2.82. The third-order valence-corrected chi connectivity index (χ3v) is 2.77. The number of hydrogen-bond donors (Lipinski definition) is 1. The average molecular weight is 256 g/mol. The Hall–Kier alpha value is -2.49. The number of para-hydroxylation sites is 1. The van der Waals surface area contributed by atoms with Gasteiger partial charge in [-0.15, -0.1) is 0 Å². The van der Waals surface area contributed by atoms with Crippen molar-refractivity contribution < 1.29 is 9.53 Å². The third-order valence-electron chi connectivity index (χ3n) is 2.77. The summed E-state index contributed by atoms with van der Waals surface area (Å²) < 4.78 is 5.12. The average Bonchev–Trinajstić information content (AvgIpc) is 2.47. The van der Waals surface area contributed by atoms with E-state index in [-0.39, 0.29) is 6.03 Å². The second-order valence-corrected chi connectivity index (χ2v) is 4.06. The summed E-state index contributed by atoms with van der Waals surface area (Å²) >= 11 is 0. The van der Waals surface area contributed by atoms with E-state index in [4.69, 9.17) is 4.74 Å². The molecule has 0 aliphatic rings. The molecule has 0 aliphatic carbocycles. The summed E-state index contributed by atoms with van der Waals surface area (Å²) in [4.78, 5) is 13.6. The van der Waals surface area contributed by atoms with Crippen molar-refractivity contribution in [3.63, 3.8) is 0 Å². The van der Waals surface area contributed by atoms with Crippen LogP contribution < -0.4 is 15.0 Å². The van der Waals surface area contributed by atoms with Crippen molar-refractivity contribution in [2.45, 2.75) is 0 Å². The molecule has 4 nitrogen and oxygen atoms in total. The van der Waals surface area contributed by atoms with Crippen LogP contribution in [0.1, 0.15) is 0 Å². The van der Waals surface area contributed by atoms with Gasteiger partial charge in [-0.1, -0.05) is 24.3 Å². The van der Waals surface area contributed by atoms with Crippen molar-refractivity contribution >= 4 is 17.4 Å². The highest BCUT2D eigenvalue weighted by atomic mass is 16.5. The number of urea groups is 1. The van der Waals surface area contributed by atoms with Crippen LogP contribution in [-0.2, 0) is 0 Å². The number of rotatable bonds is 3.